The minimum absolute atomic E-state index is 0.0892. The molecule has 1 saturated carbocycles. The third-order valence-electron chi connectivity index (χ3n) is 4.49. The summed E-state index contributed by atoms with van der Waals surface area (Å²) in [4.78, 5) is 16.8. The topological polar surface area (TPSA) is 77.2 Å². The van der Waals surface area contributed by atoms with Crippen molar-refractivity contribution in [2.75, 3.05) is 0 Å². The van der Waals surface area contributed by atoms with Crippen LogP contribution >= 0.6 is 0 Å². The van der Waals surface area contributed by atoms with Crippen LogP contribution in [-0.4, -0.2) is 22.1 Å². The number of hydrogen-bond donors (Lipinski definition) is 1. The van der Waals surface area contributed by atoms with Gasteiger partial charge in [-0.15, -0.1) is 0 Å². The van der Waals surface area contributed by atoms with Crippen molar-refractivity contribution in [2.45, 2.75) is 52.2 Å². The lowest BCUT2D eigenvalue weighted by atomic mass is 9.86. The first kappa shape index (κ1) is 16.5. The predicted molar refractivity (Wildman–Crippen MR) is 88.7 cm³/mol. The Morgan fingerprint density at radius 3 is 2.88 bits per heavy atom. The van der Waals surface area contributed by atoms with E-state index in [4.69, 9.17) is 9.26 Å². The second kappa shape index (κ2) is 7.47. The van der Waals surface area contributed by atoms with Crippen LogP contribution in [0.5, 0.6) is 5.75 Å². The van der Waals surface area contributed by atoms with Gasteiger partial charge in [-0.05, 0) is 30.9 Å². The standard InChI is InChI=1S/C18H23N3O3/c1-12-7-3-5-9-15(12)20-18(22)14-8-4-6-10-16(14)23-11-17-19-13(2)24-21-17/h4,6,8,10,12,15H,3,5,7,9,11H2,1-2H3,(H,20,22). The summed E-state index contributed by atoms with van der Waals surface area (Å²) in [5.74, 6) is 1.90. The molecule has 1 aromatic heterocycles. The lowest BCUT2D eigenvalue weighted by molar-refractivity contribution is 0.0905. The summed E-state index contributed by atoms with van der Waals surface area (Å²) >= 11 is 0. The summed E-state index contributed by atoms with van der Waals surface area (Å²) in [7, 11) is 0. The molecule has 6 nitrogen and oxygen atoms in total. The molecule has 0 bridgehead atoms. The van der Waals surface area contributed by atoms with Crippen LogP contribution in [0.1, 0.15) is 54.7 Å². The molecule has 6 heteroatoms. The van der Waals surface area contributed by atoms with Gasteiger partial charge in [-0.25, -0.2) is 0 Å². The molecule has 1 aliphatic rings. The molecule has 0 saturated heterocycles. The highest BCUT2D eigenvalue weighted by molar-refractivity contribution is 5.97. The van der Waals surface area contributed by atoms with E-state index in [0.29, 0.717) is 28.9 Å². The van der Waals surface area contributed by atoms with Crippen molar-refractivity contribution in [1.82, 2.24) is 15.5 Å². The van der Waals surface area contributed by atoms with E-state index in [9.17, 15) is 4.79 Å². The van der Waals surface area contributed by atoms with E-state index in [1.54, 1.807) is 19.1 Å². The maximum atomic E-state index is 12.7. The smallest absolute Gasteiger partial charge is 0.255 e. The molecule has 3 rings (SSSR count). The van der Waals surface area contributed by atoms with Crippen LogP contribution in [0, 0.1) is 12.8 Å². The number of rotatable bonds is 5. The van der Waals surface area contributed by atoms with E-state index in [0.717, 1.165) is 6.42 Å². The number of amides is 1. The Morgan fingerprint density at radius 1 is 1.33 bits per heavy atom. The number of ether oxygens (including phenoxy) is 1. The van der Waals surface area contributed by atoms with Gasteiger partial charge in [0.2, 0.25) is 11.7 Å². The van der Waals surface area contributed by atoms with Gasteiger partial charge < -0.3 is 14.6 Å². The maximum absolute atomic E-state index is 12.7. The third-order valence-corrected chi connectivity index (χ3v) is 4.49. The molecule has 1 amide bonds. The molecule has 128 valence electrons. The third kappa shape index (κ3) is 3.93. The van der Waals surface area contributed by atoms with E-state index in [1.807, 2.05) is 12.1 Å². The predicted octanol–water partition coefficient (Wildman–Crippen LogP) is 3.27. The highest BCUT2D eigenvalue weighted by Gasteiger charge is 2.24. The Hall–Kier alpha value is -2.37. The van der Waals surface area contributed by atoms with Gasteiger partial charge in [0.05, 0.1) is 5.56 Å². The molecule has 1 aromatic carbocycles. The van der Waals surface area contributed by atoms with Gasteiger partial charge in [0.25, 0.3) is 5.91 Å². The fourth-order valence-corrected chi connectivity index (χ4v) is 3.10. The van der Waals surface area contributed by atoms with Crippen molar-refractivity contribution in [2.24, 2.45) is 5.92 Å². The maximum Gasteiger partial charge on any atom is 0.255 e. The van der Waals surface area contributed by atoms with Crippen LogP contribution in [0.2, 0.25) is 0 Å². The summed E-state index contributed by atoms with van der Waals surface area (Å²) in [5, 5.41) is 6.96. The largest absolute Gasteiger partial charge is 0.485 e. The van der Waals surface area contributed by atoms with Crippen LogP contribution < -0.4 is 10.1 Å². The molecule has 24 heavy (non-hydrogen) atoms. The molecule has 1 fully saturated rings. The quantitative estimate of drug-likeness (QED) is 0.911. The van der Waals surface area contributed by atoms with Crippen LogP contribution in [0.15, 0.2) is 28.8 Å². The fraction of sp³-hybridized carbons (Fsp3) is 0.500. The first-order chi connectivity index (χ1) is 11.6. The lowest BCUT2D eigenvalue weighted by Crippen LogP contribution is -2.41. The number of hydrogen-bond acceptors (Lipinski definition) is 5. The van der Waals surface area contributed by atoms with Gasteiger partial charge in [-0.2, -0.15) is 4.98 Å². The molecule has 1 N–H and O–H groups in total. The van der Waals surface area contributed by atoms with Crippen LogP contribution in [0.25, 0.3) is 0 Å². The molecule has 0 aliphatic heterocycles. The molecule has 2 unspecified atom stereocenters. The average Bonchev–Trinajstić information content (AvgIpc) is 3.01. The number of benzene rings is 1. The van der Waals surface area contributed by atoms with Crippen molar-refractivity contribution in [3.05, 3.63) is 41.5 Å². The highest BCUT2D eigenvalue weighted by atomic mass is 16.5. The molecule has 0 radical (unpaired) electrons. The molecule has 2 atom stereocenters. The summed E-state index contributed by atoms with van der Waals surface area (Å²) in [6, 6.07) is 7.48. The van der Waals surface area contributed by atoms with Crippen LogP contribution in [0.4, 0.5) is 0 Å². The van der Waals surface area contributed by atoms with Crippen molar-refractivity contribution in [1.29, 1.82) is 0 Å². The monoisotopic (exact) mass is 329 g/mol. The molecular formula is C18H23N3O3. The zero-order chi connectivity index (χ0) is 16.9. The number of nitrogens with one attached hydrogen (secondary N) is 1. The average molecular weight is 329 g/mol. The minimum atomic E-state index is -0.0892. The number of para-hydroxylation sites is 1. The first-order valence-electron chi connectivity index (χ1n) is 8.45. The molecule has 1 aliphatic carbocycles. The Kier molecular flexibility index (Phi) is 5.13. The number of carbonyl (C=O) groups excluding carboxylic acids is 1. The molecule has 1 heterocycles. The molecule has 2 aromatic rings. The minimum Gasteiger partial charge on any atom is -0.485 e. The lowest BCUT2D eigenvalue weighted by Gasteiger charge is -2.29. The molecular weight excluding hydrogens is 306 g/mol. The van der Waals surface area contributed by atoms with Gasteiger partial charge in [0, 0.05) is 13.0 Å². The Balaban J connectivity index is 1.67. The highest BCUT2D eigenvalue weighted by Crippen LogP contribution is 2.25. The van der Waals surface area contributed by atoms with Crippen LogP contribution in [-0.2, 0) is 6.61 Å². The first-order valence-corrected chi connectivity index (χ1v) is 8.45. The number of nitrogens with zero attached hydrogens (tertiary/aromatic N) is 2. The van der Waals surface area contributed by atoms with E-state index < -0.39 is 0 Å². The Morgan fingerprint density at radius 2 is 2.12 bits per heavy atom. The Bertz CT molecular complexity index is 698. The van der Waals surface area contributed by atoms with Crippen molar-refractivity contribution in [3.63, 3.8) is 0 Å². The van der Waals surface area contributed by atoms with Crippen molar-refractivity contribution >= 4 is 5.91 Å². The second-order valence-electron chi connectivity index (χ2n) is 6.36. The van der Waals surface area contributed by atoms with E-state index in [1.165, 1.54) is 19.3 Å². The Labute approximate surface area is 141 Å². The van der Waals surface area contributed by atoms with E-state index >= 15 is 0 Å². The van der Waals surface area contributed by atoms with Gasteiger partial charge in [0.15, 0.2) is 6.61 Å². The summed E-state index contributed by atoms with van der Waals surface area (Å²) in [6.45, 7) is 4.09. The molecule has 0 spiro atoms. The zero-order valence-electron chi connectivity index (χ0n) is 14.1. The number of aryl methyl sites for hydroxylation is 1. The normalized spacial score (nSPS) is 20.6. The van der Waals surface area contributed by atoms with Gasteiger partial charge in [-0.1, -0.05) is 37.1 Å². The number of aromatic nitrogens is 2. The zero-order valence-corrected chi connectivity index (χ0v) is 14.1. The second-order valence-corrected chi connectivity index (χ2v) is 6.36. The van der Waals surface area contributed by atoms with E-state index in [2.05, 4.69) is 22.4 Å². The van der Waals surface area contributed by atoms with Gasteiger partial charge in [-0.3, -0.25) is 4.79 Å². The fourth-order valence-electron chi connectivity index (χ4n) is 3.10. The van der Waals surface area contributed by atoms with Crippen molar-refractivity contribution in [3.8, 4) is 5.75 Å². The summed E-state index contributed by atoms with van der Waals surface area (Å²) < 4.78 is 10.7. The van der Waals surface area contributed by atoms with Crippen molar-refractivity contribution < 1.29 is 14.1 Å². The van der Waals surface area contributed by atoms with E-state index in [-0.39, 0.29) is 18.6 Å². The summed E-state index contributed by atoms with van der Waals surface area (Å²) in [6.07, 6.45) is 4.63. The van der Waals surface area contributed by atoms with Gasteiger partial charge in [0.1, 0.15) is 5.75 Å². The SMILES string of the molecule is Cc1nc(COc2ccccc2C(=O)NC2CCCCC2C)no1. The summed E-state index contributed by atoms with van der Waals surface area (Å²) in [5.41, 5.74) is 0.537. The van der Waals surface area contributed by atoms with Gasteiger partial charge >= 0.3 is 0 Å². The van der Waals surface area contributed by atoms with Crippen LogP contribution in [0.3, 0.4) is 0 Å². The number of carbonyl (C=O) groups is 1.